The molecule has 0 spiro atoms. The molecule has 0 atom stereocenters. The molecule has 1 aromatic heterocycles. The van der Waals surface area contributed by atoms with Gasteiger partial charge >= 0.3 is 0 Å². The van der Waals surface area contributed by atoms with E-state index < -0.39 is 0 Å². The zero-order valence-corrected chi connectivity index (χ0v) is 16.6. The van der Waals surface area contributed by atoms with Gasteiger partial charge < -0.3 is 10.8 Å². The number of nitrogen functional groups attached to an aromatic ring is 1. The van der Waals surface area contributed by atoms with Crippen LogP contribution < -0.4 is 5.73 Å². The largest absolute Gasteiger partial charge is 0.506 e. The predicted octanol–water partition coefficient (Wildman–Crippen LogP) is 4.78. The minimum absolute atomic E-state index is 0.199. The Kier molecular flexibility index (Phi) is 4.91. The zero-order chi connectivity index (χ0) is 17.3. The fourth-order valence-corrected chi connectivity index (χ4v) is 4.25. The maximum Gasteiger partial charge on any atom is 0.142 e. The number of phenols is 1. The molecule has 0 bridgehead atoms. The van der Waals surface area contributed by atoms with Gasteiger partial charge in [-0.2, -0.15) is 5.26 Å². The molecule has 4 nitrogen and oxygen atoms in total. The van der Waals surface area contributed by atoms with Gasteiger partial charge in [0.05, 0.1) is 7.14 Å². The van der Waals surface area contributed by atoms with Crippen LogP contribution in [0.25, 0.3) is 22.3 Å². The average Bonchev–Trinajstić information content (AvgIpc) is 2.59. The molecule has 0 saturated carbocycles. The number of nitrogens with zero attached hydrogens (tertiary/aromatic N) is 2. The number of hydrogen-bond donors (Lipinski definition) is 2. The molecular formula is C18H11I2N3O. The standard InChI is InChI=1S/C18H11I2N3O/c19-14-6-11(7-15(20)17(14)24)16-12(8-21)18(22)23-9-13(16)10-4-2-1-3-5-10/h1-7,9,24H,(H2,22,23). The molecule has 118 valence electrons. The molecule has 3 aromatic rings. The van der Waals surface area contributed by atoms with Crippen LogP contribution in [-0.4, -0.2) is 10.1 Å². The maximum absolute atomic E-state index is 10.0. The molecule has 0 amide bonds. The summed E-state index contributed by atoms with van der Waals surface area (Å²) in [7, 11) is 0. The first kappa shape index (κ1) is 17.0. The molecule has 0 aliphatic rings. The Morgan fingerprint density at radius 3 is 2.25 bits per heavy atom. The van der Waals surface area contributed by atoms with Crippen molar-refractivity contribution in [1.29, 1.82) is 5.26 Å². The van der Waals surface area contributed by atoms with Crippen molar-refractivity contribution in [3.63, 3.8) is 0 Å². The number of rotatable bonds is 2. The van der Waals surface area contributed by atoms with Crippen LogP contribution in [-0.2, 0) is 0 Å². The molecule has 0 fully saturated rings. The van der Waals surface area contributed by atoms with Crippen molar-refractivity contribution >= 4 is 51.0 Å². The number of nitrogens with two attached hydrogens (primary N) is 1. The van der Waals surface area contributed by atoms with E-state index in [1.165, 1.54) is 0 Å². The summed E-state index contributed by atoms with van der Waals surface area (Å²) in [4.78, 5) is 4.18. The fourth-order valence-electron chi connectivity index (χ4n) is 2.49. The smallest absolute Gasteiger partial charge is 0.142 e. The van der Waals surface area contributed by atoms with E-state index in [1.807, 2.05) is 42.5 Å². The second-order valence-corrected chi connectivity index (χ2v) is 7.40. The third-order valence-corrected chi connectivity index (χ3v) is 5.26. The van der Waals surface area contributed by atoms with Crippen LogP contribution >= 0.6 is 45.2 Å². The molecule has 24 heavy (non-hydrogen) atoms. The molecule has 0 radical (unpaired) electrons. The summed E-state index contributed by atoms with van der Waals surface area (Å²) >= 11 is 4.15. The van der Waals surface area contributed by atoms with Crippen molar-refractivity contribution in [2.45, 2.75) is 0 Å². The lowest BCUT2D eigenvalue weighted by Crippen LogP contribution is -2.00. The fraction of sp³-hybridized carbons (Fsp3) is 0. The van der Waals surface area contributed by atoms with Gasteiger partial charge in [-0.05, 0) is 68.4 Å². The van der Waals surface area contributed by atoms with E-state index in [-0.39, 0.29) is 11.6 Å². The van der Waals surface area contributed by atoms with Gasteiger partial charge in [0, 0.05) is 17.3 Å². The summed E-state index contributed by atoms with van der Waals surface area (Å²) in [5.74, 6) is 0.437. The highest BCUT2D eigenvalue weighted by Crippen LogP contribution is 2.39. The quantitative estimate of drug-likeness (QED) is 0.460. The molecule has 3 rings (SSSR count). The van der Waals surface area contributed by atoms with Gasteiger partial charge in [0.1, 0.15) is 23.2 Å². The van der Waals surface area contributed by atoms with Crippen molar-refractivity contribution in [2.75, 3.05) is 5.73 Å². The summed E-state index contributed by atoms with van der Waals surface area (Å²) in [6.07, 6.45) is 1.69. The minimum Gasteiger partial charge on any atom is -0.506 e. The Labute approximate surface area is 166 Å². The molecule has 0 unspecified atom stereocenters. The monoisotopic (exact) mass is 539 g/mol. The Bertz CT molecular complexity index is 943. The first-order valence-corrected chi connectivity index (χ1v) is 9.11. The van der Waals surface area contributed by atoms with Crippen LogP contribution in [0.15, 0.2) is 48.7 Å². The van der Waals surface area contributed by atoms with Crippen LogP contribution in [0.5, 0.6) is 5.75 Å². The van der Waals surface area contributed by atoms with E-state index in [9.17, 15) is 10.4 Å². The van der Waals surface area contributed by atoms with E-state index in [0.717, 1.165) is 22.3 Å². The van der Waals surface area contributed by atoms with Gasteiger partial charge in [-0.25, -0.2) is 4.98 Å². The number of benzene rings is 2. The zero-order valence-electron chi connectivity index (χ0n) is 12.3. The first-order valence-electron chi connectivity index (χ1n) is 6.95. The second-order valence-electron chi connectivity index (χ2n) is 5.07. The van der Waals surface area contributed by atoms with Gasteiger partial charge in [0.25, 0.3) is 0 Å². The van der Waals surface area contributed by atoms with Crippen molar-refractivity contribution in [3.05, 3.63) is 61.4 Å². The van der Waals surface area contributed by atoms with Crippen molar-refractivity contribution in [1.82, 2.24) is 4.98 Å². The highest BCUT2D eigenvalue weighted by Gasteiger charge is 2.18. The summed E-state index contributed by atoms with van der Waals surface area (Å²) in [6.45, 7) is 0. The van der Waals surface area contributed by atoms with Crippen LogP contribution in [0.2, 0.25) is 0 Å². The van der Waals surface area contributed by atoms with Gasteiger partial charge in [-0.3, -0.25) is 0 Å². The third-order valence-electron chi connectivity index (χ3n) is 3.61. The number of aromatic hydroxyl groups is 1. The van der Waals surface area contributed by atoms with Crippen LogP contribution in [0.4, 0.5) is 5.82 Å². The lowest BCUT2D eigenvalue weighted by Gasteiger charge is -2.14. The lowest BCUT2D eigenvalue weighted by molar-refractivity contribution is 0.468. The number of nitriles is 1. The molecular weight excluding hydrogens is 528 g/mol. The molecule has 0 aliphatic carbocycles. The topological polar surface area (TPSA) is 82.9 Å². The van der Waals surface area contributed by atoms with E-state index in [0.29, 0.717) is 12.7 Å². The predicted molar refractivity (Wildman–Crippen MR) is 111 cm³/mol. The van der Waals surface area contributed by atoms with Crippen molar-refractivity contribution in [3.8, 4) is 34.1 Å². The summed E-state index contributed by atoms with van der Waals surface area (Å²) in [5.41, 5.74) is 9.62. The maximum atomic E-state index is 10.0. The molecule has 0 saturated heterocycles. The van der Waals surface area contributed by atoms with Gasteiger partial charge in [-0.1, -0.05) is 30.3 Å². The Morgan fingerprint density at radius 2 is 1.67 bits per heavy atom. The first-order chi connectivity index (χ1) is 11.5. The molecule has 1 heterocycles. The Morgan fingerprint density at radius 1 is 1.04 bits per heavy atom. The van der Waals surface area contributed by atoms with Crippen LogP contribution in [0.1, 0.15) is 5.56 Å². The SMILES string of the molecule is N#Cc1c(N)ncc(-c2ccccc2)c1-c1cc(I)c(O)c(I)c1. The van der Waals surface area contributed by atoms with E-state index in [1.54, 1.807) is 6.20 Å². The average molecular weight is 539 g/mol. The number of aromatic nitrogens is 1. The lowest BCUT2D eigenvalue weighted by atomic mass is 9.92. The number of pyridine rings is 1. The summed E-state index contributed by atoms with van der Waals surface area (Å²) in [5, 5.41) is 19.6. The number of halogens is 2. The van der Waals surface area contributed by atoms with Gasteiger partial charge in [0.15, 0.2) is 0 Å². The molecule has 6 heteroatoms. The summed E-state index contributed by atoms with van der Waals surface area (Å²) in [6, 6.07) is 15.6. The normalized spacial score (nSPS) is 10.4. The second kappa shape index (κ2) is 6.94. The number of anilines is 1. The molecule has 0 aliphatic heterocycles. The number of hydrogen-bond acceptors (Lipinski definition) is 4. The van der Waals surface area contributed by atoms with E-state index in [4.69, 9.17) is 5.73 Å². The van der Waals surface area contributed by atoms with E-state index >= 15 is 0 Å². The van der Waals surface area contributed by atoms with Crippen molar-refractivity contribution < 1.29 is 5.11 Å². The highest BCUT2D eigenvalue weighted by atomic mass is 127. The molecule has 2 aromatic carbocycles. The van der Waals surface area contributed by atoms with Gasteiger partial charge in [0.2, 0.25) is 0 Å². The Hall–Kier alpha value is -1.86. The van der Waals surface area contributed by atoms with E-state index in [2.05, 4.69) is 56.2 Å². The van der Waals surface area contributed by atoms with Gasteiger partial charge in [-0.15, -0.1) is 0 Å². The van der Waals surface area contributed by atoms with Crippen molar-refractivity contribution in [2.24, 2.45) is 0 Å². The molecule has 3 N–H and O–H groups in total. The number of phenolic OH excluding ortho intramolecular Hbond substituents is 1. The minimum atomic E-state index is 0.199. The Balaban J connectivity index is 2.38. The van der Waals surface area contributed by atoms with Crippen LogP contribution in [0, 0.1) is 18.5 Å². The third kappa shape index (κ3) is 3.06. The van der Waals surface area contributed by atoms with Crippen LogP contribution in [0.3, 0.4) is 0 Å². The highest BCUT2D eigenvalue weighted by molar-refractivity contribution is 14.1. The summed E-state index contributed by atoms with van der Waals surface area (Å²) < 4.78 is 1.43.